The molecule has 16 heavy (non-hydrogen) atoms. The zero-order valence-electron chi connectivity index (χ0n) is 9.92. The smallest absolute Gasteiger partial charge is 0.174 e. The van der Waals surface area contributed by atoms with Gasteiger partial charge in [-0.05, 0) is 68.3 Å². The number of hydrogen-bond donors (Lipinski definition) is 0. The summed E-state index contributed by atoms with van der Waals surface area (Å²) in [6, 6.07) is 6.03. The summed E-state index contributed by atoms with van der Waals surface area (Å²) in [6.07, 6.45) is 2.73. The average molecular weight is 332 g/mol. The Bertz CT molecular complexity index is 378. The highest BCUT2D eigenvalue weighted by Crippen LogP contribution is 2.38. The SMILES string of the molecule is CC(C)(C)Oc1cccc(I)c1OC1CC1. The van der Waals surface area contributed by atoms with Crippen LogP contribution in [0.3, 0.4) is 0 Å². The van der Waals surface area contributed by atoms with E-state index in [2.05, 4.69) is 22.6 Å². The minimum atomic E-state index is -0.188. The first-order valence-electron chi connectivity index (χ1n) is 5.60. The van der Waals surface area contributed by atoms with E-state index >= 15 is 0 Å². The van der Waals surface area contributed by atoms with Crippen LogP contribution in [-0.2, 0) is 0 Å². The van der Waals surface area contributed by atoms with Crippen molar-refractivity contribution in [1.29, 1.82) is 0 Å². The molecule has 1 aliphatic carbocycles. The van der Waals surface area contributed by atoms with Gasteiger partial charge in [0.2, 0.25) is 0 Å². The molecule has 0 saturated heterocycles. The summed E-state index contributed by atoms with van der Waals surface area (Å²) in [5, 5.41) is 0. The van der Waals surface area contributed by atoms with Crippen molar-refractivity contribution in [1.82, 2.24) is 0 Å². The molecule has 3 heteroatoms. The van der Waals surface area contributed by atoms with Crippen LogP contribution in [0.4, 0.5) is 0 Å². The average Bonchev–Trinajstić information content (AvgIpc) is 2.92. The fraction of sp³-hybridized carbons (Fsp3) is 0.538. The monoisotopic (exact) mass is 332 g/mol. The van der Waals surface area contributed by atoms with Crippen LogP contribution in [0.5, 0.6) is 11.5 Å². The van der Waals surface area contributed by atoms with Crippen molar-refractivity contribution in [3.05, 3.63) is 21.8 Å². The Hall–Kier alpha value is -0.450. The van der Waals surface area contributed by atoms with E-state index in [1.54, 1.807) is 0 Å². The molecule has 0 spiro atoms. The molecular weight excluding hydrogens is 315 g/mol. The van der Waals surface area contributed by atoms with E-state index in [9.17, 15) is 0 Å². The van der Waals surface area contributed by atoms with Crippen LogP contribution >= 0.6 is 22.6 Å². The largest absolute Gasteiger partial charge is 0.485 e. The standard InChI is InChI=1S/C13H17IO2/c1-13(2,3)16-11-6-4-5-10(14)12(11)15-9-7-8-9/h4-6,9H,7-8H2,1-3H3. The number of hydrogen-bond acceptors (Lipinski definition) is 2. The summed E-state index contributed by atoms with van der Waals surface area (Å²) < 4.78 is 12.9. The van der Waals surface area contributed by atoms with E-state index in [-0.39, 0.29) is 5.60 Å². The van der Waals surface area contributed by atoms with Crippen molar-refractivity contribution >= 4 is 22.6 Å². The predicted molar refractivity (Wildman–Crippen MR) is 73.2 cm³/mol. The van der Waals surface area contributed by atoms with Gasteiger partial charge in [-0.15, -0.1) is 0 Å². The Morgan fingerprint density at radius 3 is 2.50 bits per heavy atom. The lowest BCUT2D eigenvalue weighted by atomic mass is 10.2. The fourth-order valence-corrected chi connectivity index (χ4v) is 1.97. The Labute approximate surface area is 110 Å². The molecule has 0 aromatic heterocycles. The Kier molecular flexibility index (Phi) is 3.33. The van der Waals surface area contributed by atoms with Gasteiger partial charge in [-0.1, -0.05) is 6.07 Å². The van der Waals surface area contributed by atoms with Crippen molar-refractivity contribution < 1.29 is 9.47 Å². The summed E-state index contributed by atoms with van der Waals surface area (Å²) >= 11 is 2.29. The van der Waals surface area contributed by atoms with E-state index in [1.807, 2.05) is 39.0 Å². The number of benzene rings is 1. The van der Waals surface area contributed by atoms with Gasteiger partial charge in [0, 0.05) is 0 Å². The van der Waals surface area contributed by atoms with Crippen LogP contribution < -0.4 is 9.47 Å². The Morgan fingerprint density at radius 1 is 1.25 bits per heavy atom. The molecule has 0 radical (unpaired) electrons. The van der Waals surface area contributed by atoms with Gasteiger partial charge in [-0.2, -0.15) is 0 Å². The van der Waals surface area contributed by atoms with E-state index < -0.39 is 0 Å². The summed E-state index contributed by atoms with van der Waals surface area (Å²) in [5.41, 5.74) is -0.188. The highest BCUT2D eigenvalue weighted by atomic mass is 127. The highest BCUT2D eigenvalue weighted by Gasteiger charge is 2.27. The Morgan fingerprint density at radius 2 is 1.94 bits per heavy atom. The van der Waals surface area contributed by atoms with Crippen LogP contribution in [0.25, 0.3) is 0 Å². The minimum Gasteiger partial charge on any atom is -0.485 e. The van der Waals surface area contributed by atoms with Crippen LogP contribution in [0, 0.1) is 3.57 Å². The fourth-order valence-electron chi connectivity index (χ4n) is 1.37. The molecule has 1 aromatic rings. The van der Waals surface area contributed by atoms with Gasteiger partial charge in [-0.3, -0.25) is 0 Å². The molecule has 0 atom stereocenters. The lowest BCUT2D eigenvalue weighted by Crippen LogP contribution is -2.23. The lowest BCUT2D eigenvalue weighted by molar-refractivity contribution is 0.122. The molecule has 1 aromatic carbocycles. The molecule has 1 fully saturated rings. The second-order valence-corrected chi connectivity index (χ2v) is 6.26. The summed E-state index contributed by atoms with van der Waals surface area (Å²) in [6.45, 7) is 6.15. The zero-order chi connectivity index (χ0) is 11.8. The second-order valence-electron chi connectivity index (χ2n) is 5.10. The maximum absolute atomic E-state index is 5.91. The normalized spacial score (nSPS) is 16.0. The van der Waals surface area contributed by atoms with Crippen molar-refractivity contribution in [2.75, 3.05) is 0 Å². The molecule has 0 unspecified atom stereocenters. The number of halogens is 1. The molecule has 0 bridgehead atoms. The summed E-state index contributed by atoms with van der Waals surface area (Å²) in [5.74, 6) is 1.76. The number of ether oxygens (including phenoxy) is 2. The van der Waals surface area contributed by atoms with Gasteiger partial charge in [0.05, 0.1) is 9.67 Å². The van der Waals surface area contributed by atoms with Crippen molar-refractivity contribution in [2.45, 2.75) is 45.3 Å². The van der Waals surface area contributed by atoms with Crippen LogP contribution in [0.2, 0.25) is 0 Å². The molecule has 88 valence electrons. The molecule has 1 saturated carbocycles. The third-order valence-corrected chi connectivity index (χ3v) is 3.01. The van der Waals surface area contributed by atoms with Gasteiger partial charge in [-0.25, -0.2) is 0 Å². The zero-order valence-corrected chi connectivity index (χ0v) is 12.1. The van der Waals surface area contributed by atoms with Crippen LogP contribution in [0.15, 0.2) is 18.2 Å². The first kappa shape index (κ1) is 12.0. The summed E-state index contributed by atoms with van der Waals surface area (Å²) in [4.78, 5) is 0. The molecule has 0 aliphatic heterocycles. The quantitative estimate of drug-likeness (QED) is 0.779. The van der Waals surface area contributed by atoms with Crippen LogP contribution in [-0.4, -0.2) is 11.7 Å². The van der Waals surface area contributed by atoms with Crippen molar-refractivity contribution in [3.8, 4) is 11.5 Å². The van der Waals surface area contributed by atoms with Gasteiger partial charge in [0.25, 0.3) is 0 Å². The minimum absolute atomic E-state index is 0.188. The highest BCUT2D eigenvalue weighted by molar-refractivity contribution is 14.1. The van der Waals surface area contributed by atoms with Gasteiger partial charge >= 0.3 is 0 Å². The lowest BCUT2D eigenvalue weighted by Gasteiger charge is -2.23. The van der Waals surface area contributed by atoms with Crippen molar-refractivity contribution in [3.63, 3.8) is 0 Å². The third-order valence-electron chi connectivity index (χ3n) is 2.16. The number of para-hydroxylation sites is 1. The Balaban J connectivity index is 2.24. The van der Waals surface area contributed by atoms with E-state index in [0.717, 1.165) is 15.1 Å². The van der Waals surface area contributed by atoms with Gasteiger partial charge in [0.15, 0.2) is 11.5 Å². The van der Waals surface area contributed by atoms with Crippen molar-refractivity contribution in [2.24, 2.45) is 0 Å². The molecule has 0 N–H and O–H groups in total. The topological polar surface area (TPSA) is 18.5 Å². The first-order valence-corrected chi connectivity index (χ1v) is 6.68. The molecule has 0 amide bonds. The third kappa shape index (κ3) is 3.27. The molecular formula is C13H17IO2. The van der Waals surface area contributed by atoms with E-state index in [1.165, 1.54) is 12.8 Å². The van der Waals surface area contributed by atoms with Crippen LogP contribution in [0.1, 0.15) is 33.6 Å². The molecule has 2 nitrogen and oxygen atoms in total. The summed E-state index contributed by atoms with van der Waals surface area (Å²) in [7, 11) is 0. The maximum Gasteiger partial charge on any atom is 0.174 e. The molecule has 2 rings (SSSR count). The second kappa shape index (κ2) is 4.43. The predicted octanol–water partition coefficient (Wildman–Crippen LogP) is 4.01. The number of rotatable bonds is 3. The maximum atomic E-state index is 5.91. The van der Waals surface area contributed by atoms with Gasteiger partial charge in [0.1, 0.15) is 5.60 Å². The van der Waals surface area contributed by atoms with E-state index in [4.69, 9.17) is 9.47 Å². The van der Waals surface area contributed by atoms with Gasteiger partial charge < -0.3 is 9.47 Å². The molecule has 0 heterocycles. The molecule has 1 aliphatic rings. The first-order chi connectivity index (χ1) is 7.46. The van der Waals surface area contributed by atoms with E-state index in [0.29, 0.717) is 6.10 Å².